The van der Waals surface area contributed by atoms with Crippen LogP contribution in [0.15, 0.2) is 41.0 Å². The first-order valence-corrected chi connectivity index (χ1v) is 9.77. The number of carboxylic acids is 1. The molecule has 3 rings (SSSR count). The number of likely N-dealkylation sites (tertiary alicyclic amines) is 1. The molecule has 0 spiro atoms. The number of hydrogen-bond donors (Lipinski definition) is 1. The Hall–Kier alpha value is -2.32. The molecule has 1 unspecified atom stereocenters. The molecule has 2 aromatic rings. The fraction of sp³-hybridized carbons (Fsp3) is 0.421. The van der Waals surface area contributed by atoms with Gasteiger partial charge >= 0.3 is 5.97 Å². The van der Waals surface area contributed by atoms with Gasteiger partial charge in [0, 0.05) is 31.5 Å². The Morgan fingerprint density at radius 3 is 2.85 bits per heavy atom. The number of oxazole rings is 1. The highest BCUT2D eigenvalue weighted by Crippen LogP contribution is 2.31. The molecule has 27 heavy (non-hydrogen) atoms. The number of ether oxygens (including phenoxy) is 1. The number of benzene rings is 1. The lowest BCUT2D eigenvalue weighted by Gasteiger charge is -2.23. The van der Waals surface area contributed by atoms with Gasteiger partial charge in [0.2, 0.25) is 11.8 Å². The van der Waals surface area contributed by atoms with Crippen molar-refractivity contribution in [3.63, 3.8) is 0 Å². The van der Waals surface area contributed by atoms with Crippen molar-refractivity contribution in [2.24, 2.45) is 5.41 Å². The van der Waals surface area contributed by atoms with Crippen molar-refractivity contribution in [1.82, 2.24) is 9.88 Å². The predicted octanol–water partition coefficient (Wildman–Crippen LogP) is 2.52. The molecule has 1 aliphatic rings. The number of hydrogen-bond acceptors (Lipinski definition) is 6. The minimum Gasteiger partial charge on any atom is -0.481 e. The monoisotopic (exact) mass is 390 g/mol. The van der Waals surface area contributed by atoms with Crippen LogP contribution in [0, 0.1) is 5.41 Å². The summed E-state index contributed by atoms with van der Waals surface area (Å²) in [4.78, 5) is 30.0. The first-order valence-electron chi connectivity index (χ1n) is 8.62. The third kappa shape index (κ3) is 4.51. The predicted molar refractivity (Wildman–Crippen MR) is 101 cm³/mol. The third-order valence-corrected chi connectivity index (χ3v) is 5.58. The van der Waals surface area contributed by atoms with E-state index in [2.05, 4.69) is 4.98 Å². The molecule has 1 aromatic carbocycles. The van der Waals surface area contributed by atoms with Gasteiger partial charge in [-0.25, -0.2) is 4.98 Å². The maximum Gasteiger partial charge on any atom is 0.313 e. The van der Waals surface area contributed by atoms with Crippen LogP contribution in [-0.2, 0) is 20.1 Å². The van der Waals surface area contributed by atoms with Crippen LogP contribution >= 0.6 is 11.8 Å². The number of thioether (sulfide) groups is 1. The van der Waals surface area contributed by atoms with Gasteiger partial charge in [0.25, 0.3) is 0 Å². The lowest BCUT2D eigenvalue weighted by Crippen LogP contribution is -2.40. The van der Waals surface area contributed by atoms with Gasteiger partial charge in [-0.2, -0.15) is 0 Å². The van der Waals surface area contributed by atoms with Crippen LogP contribution in [0.25, 0.3) is 11.5 Å². The highest BCUT2D eigenvalue weighted by molar-refractivity contribution is 7.99. The number of carboxylic acid groups (broad SMARTS) is 1. The average Bonchev–Trinajstić information content (AvgIpc) is 3.31. The van der Waals surface area contributed by atoms with Crippen LogP contribution in [0.1, 0.15) is 12.1 Å². The zero-order valence-corrected chi connectivity index (χ0v) is 15.9. The SMILES string of the molecule is COCC1(C(=O)O)CCN(C(=O)CSCc2coc(-c3ccccc3)n2)C1. The molecule has 0 aliphatic carbocycles. The maximum atomic E-state index is 12.4. The van der Waals surface area contributed by atoms with Gasteiger partial charge < -0.3 is 19.2 Å². The van der Waals surface area contributed by atoms with Gasteiger partial charge in [-0.1, -0.05) is 18.2 Å². The fourth-order valence-corrected chi connectivity index (χ4v) is 3.94. The molecule has 0 saturated carbocycles. The second-order valence-electron chi connectivity index (χ2n) is 6.59. The smallest absolute Gasteiger partial charge is 0.313 e. The number of nitrogens with zero attached hydrogens (tertiary/aromatic N) is 2. The zero-order chi connectivity index (χ0) is 19.3. The Bertz CT molecular complexity index is 794. The van der Waals surface area contributed by atoms with E-state index in [1.54, 1.807) is 11.2 Å². The average molecular weight is 390 g/mol. The highest BCUT2D eigenvalue weighted by Gasteiger charge is 2.46. The summed E-state index contributed by atoms with van der Waals surface area (Å²) in [5, 5.41) is 9.47. The van der Waals surface area contributed by atoms with Gasteiger partial charge in [0.15, 0.2) is 0 Å². The Morgan fingerprint density at radius 2 is 2.15 bits per heavy atom. The molecule has 1 aliphatic heterocycles. The van der Waals surface area contributed by atoms with Crippen LogP contribution in [-0.4, -0.2) is 59.4 Å². The summed E-state index contributed by atoms with van der Waals surface area (Å²) in [5.41, 5.74) is 0.684. The summed E-state index contributed by atoms with van der Waals surface area (Å²) in [7, 11) is 1.48. The summed E-state index contributed by atoms with van der Waals surface area (Å²) < 4.78 is 10.5. The van der Waals surface area contributed by atoms with E-state index in [9.17, 15) is 14.7 Å². The molecule has 1 aromatic heterocycles. The molecule has 0 radical (unpaired) electrons. The zero-order valence-electron chi connectivity index (χ0n) is 15.1. The van der Waals surface area contributed by atoms with Crippen LogP contribution < -0.4 is 0 Å². The van der Waals surface area contributed by atoms with Crippen LogP contribution in [0.5, 0.6) is 0 Å². The van der Waals surface area contributed by atoms with Gasteiger partial charge in [0.05, 0.1) is 18.1 Å². The molecule has 1 amide bonds. The topological polar surface area (TPSA) is 92.9 Å². The van der Waals surface area contributed by atoms with Crippen molar-refractivity contribution in [2.45, 2.75) is 12.2 Å². The molecular formula is C19H22N2O5S. The number of aromatic nitrogens is 1. The second-order valence-corrected chi connectivity index (χ2v) is 7.57. The number of aliphatic carboxylic acids is 1. The summed E-state index contributed by atoms with van der Waals surface area (Å²) in [6, 6.07) is 9.62. The first kappa shape index (κ1) is 19.4. The lowest BCUT2D eigenvalue weighted by molar-refractivity contribution is -0.151. The Morgan fingerprint density at radius 1 is 1.37 bits per heavy atom. The minimum atomic E-state index is -0.994. The molecular weight excluding hydrogens is 368 g/mol. The fourth-order valence-electron chi connectivity index (χ4n) is 3.14. The third-order valence-electron chi connectivity index (χ3n) is 4.63. The molecule has 1 fully saturated rings. The van der Waals surface area contributed by atoms with Crippen molar-refractivity contribution in [1.29, 1.82) is 0 Å². The Labute approximate surface area is 161 Å². The minimum absolute atomic E-state index is 0.0639. The quantitative estimate of drug-likeness (QED) is 0.740. The number of rotatable bonds is 8. The molecule has 1 atom stereocenters. The lowest BCUT2D eigenvalue weighted by atomic mass is 9.88. The van der Waals surface area contributed by atoms with Crippen molar-refractivity contribution >= 4 is 23.6 Å². The van der Waals surface area contributed by atoms with E-state index in [0.717, 1.165) is 11.3 Å². The standard InChI is InChI=1S/C19H22N2O5S/c1-25-13-19(18(23)24)7-8-21(12-19)16(22)11-27-10-15-9-26-17(20-15)14-5-3-2-4-6-14/h2-6,9H,7-8,10-13H2,1H3,(H,23,24). The van der Waals surface area contributed by atoms with Gasteiger partial charge in [-0.15, -0.1) is 11.8 Å². The van der Waals surface area contributed by atoms with E-state index in [1.807, 2.05) is 30.3 Å². The second kappa shape index (κ2) is 8.58. The van der Waals surface area contributed by atoms with E-state index in [4.69, 9.17) is 9.15 Å². The van der Waals surface area contributed by atoms with Crippen molar-refractivity contribution in [2.75, 3.05) is 32.6 Å². The summed E-state index contributed by atoms with van der Waals surface area (Å²) >= 11 is 1.44. The van der Waals surface area contributed by atoms with Gasteiger partial charge in [-0.3, -0.25) is 9.59 Å². The van der Waals surface area contributed by atoms with Crippen molar-refractivity contribution < 1.29 is 23.8 Å². The first-order chi connectivity index (χ1) is 13.0. The van der Waals surface area contributed by atoms with Crippen LogP contribution in [0.2, 0.25) is 0 Å². The number of carbonyl (C=O) groups excluding carboxylic acids is 1. The molecule has 1 saturated heterocycles. The number of methoxy groups -OCH3 is 1. The summed E-state index contributed by atoms with van der Waals surface area (Å²) in [5.74, 6) is 0.408. The van der Waals surface area contributed by atoms with Gasteiger partial charge in [-0.05, 0) is 18.6 Å². The molecule has 2 heterocycles. The van der Waals surface area contributed by atoms with E-state index in [1.165, 1.54) is 18.9 Å². The Balaban J connectivity index is 1.49. The molecule has 0 bridgehead atoms. The van der Waals surface area contributed by atoms with Crippen molar-refractivity contribution in [3.05, 3.63) is 42.3 Å². The maximum absolute atomic E-state index is 12.4. The van der Waals surface area contributed by atoms with Crippen LogP contribution in [0.4, 0.5) is 0 Å². The number of carbonyl (C=O) groups is 2. The summed E-state index contributed by atoms with van der Waals surface area (Å²) in [6.45, 7) is 0.745. The summed E-state index contributed by atoms with van der Waals surface area (Å²) in [6.07, 6.45) is 2.01. The van der Waals surface area contributed by atoms with E-state index < -0.39 is 11.4 Å². The molecule has 1 N–H and O–H groups in total. The highest BCUT2D eigenvalue weighted by atomic mass is 32.2. The van der Waals surface area contributed by atoms with E-state index in [-0.39, 0.29) is 24.8 Å². The normalized spacial score (nSPS) is 19.4. The number of amides is 1. The van der Waals surface area contributed by atoms with E-state index in [0.29, 0.717) is 24.6 Å². The molecule has 7 nitrogen and oxygen atoms in total. The molecule has 8 heteroatoms. The molecule has 144 valence electrons. The van der Waals surface area contributed by atoms with Crippen molar-refractivity contribution in [3.8, 4) is 11.5 Å². The van der Waals surface area contributed by atoms with E-state index >= 15 is 0 Å². The Kier molecular flexibility index (Phi) is 6.18. The van der Waals surface area contributed by atoms with Gasteiger partial charge in [0.1, 0.15) is 11.7 Å². The van der Waals surface area contributed by atoms with Crippen LogP contribution in [0.3, 0.4) is 0 Å². The largest absolute Gasteiger partial charge is 0.481 e.